The van der Waals surface area contributed by atoms with E-state index in [-0.39, 0.29) is 24.2 Å². The molecule has 8 heterocycles. The number of carbonyl (C=O) groups is 6. The summed E-state index contributed by atoms with van der Waals surface area (Å²) < 4.78 is 114. The fourth-order valence-corrected chi connectivity index (χ4v) is 22.0. The third kappa shape index (κ3) is 17.6. The van der Waals surface area contributed by atoms with Crippen molar-refractivity contribution >= 4 is 36.1 Å². The van der Waals surface area contributed by atoms with Gasteiger partial charge in [-0.3, -0.25) is 19.2 Å². The molecule has 13 rings (SSSR count). The molecule has 0 aromatic rings. The van der Waals surface area contributed by atoms with Gasteiger partial charge in [-0.1, -0.05) is 53.2 Å². The summed E-state index contributed by atoms with van der Waals surface area (Å²) in [6.07, 6.45) is -58.7. The normalized spacial score (nSPS) is 51.5. The van der Waals surface area contributed by atoms with E-state index in [1.54, 1.807) is 6.92 Å². The number of rotatable bonds is 22. The predicted octanol–water partition coefficient (Wildman–Crippen LogP) is -5.14. The number of esters is 4. The van der Waals surface area contributed by atoms with Gasteiger partial charge in [-0.2, -0.15) is 0 Å². The minimum Gasteiger partial charge on any atom is -0.479 e. The Morgan fingerprint density at radius 1 is 0.443 bits per heavy atom. The van der Waals surface area contributed by atoms with Gasteiger partial charge in [0, 0.05) is 20.8 Å². The third-order valence-electron chi connectivity index (χ3n) is 29.0. The van der Waals surface area contributed by atoms with Crippen LogP contribution in [-0.4, -0.2) is 383 Å². The summed E-state index contributed by atoms with van der Waals surface area (Å²) in [5, 5.41) is 186. The van der Waals surface area contributed by atoms with E-state index in [0.29, 0.717) is 51.4 Å². The molecule has 0 spiro atoms. The topological polar surface area (TPSA) is 622 Å². The summed E-state index contributed by atoms with van der Waals surface area (Å²) in [5.74, 6) is -6.32. The van der Waals surface area contributed by atoms with E-state index in [1.165, 1.54) is 13.8 Å². The number of allylic oxidation sites excluding steroid dienone is 2. The molecule has 122 heavy (non-hydrogen) atoms. The number of hydrogen-bond acceptors (Lipinski definition) is 41. The minimum absolute atomic E-state index is 0.111. The molecule has 694 valence electrons. The van der Waals surface area contributed by atoms with Crippen LogP contribution in [-0.2, 0) is 119 Å². The molecule has 0 radical (unpaired) electrons. The molecule has 13 aliphatic rings. The number of ether oxygens (including phenoxy) is 19. The number of aliphatic hydroxyl groups is 16. The van der Waals surface area contributed by atoms with Gasteiger partial charge in [0.2, 0.25) is 6.29 Å². The Morgan fingerprint density at radius 2 is 0.943 bits per heavy atom. The monoisotopic (exact) mass is 1750 g/mol. The van der Waals surface area contributed by atoms with Gasteiger partial charge in [-0.25, -0.2) is 4.79 Å². The van der Waals surface area contributed by atoms with E-state index in [4.69, 9.17) is 90.0 Å². The average molecular weight is 1760 g/mol. The predicted molar refractivity (Wildman–Crippen MR) is 396 cm³/mol. The molecule has 5 aliphatic carbocycles. The van der Waals surface area contributed by atoms with Crippen LogP contribution in [0.25, 0.3) is 0 Å². The Bertz CT molecular complexity index is 3710. The molecule has 0 unspecified atom stereocenters. The third-order valence-corrected chi connectivity index (χ3v) is 29.0. The number of carbonyl (C=O) groups excluding carboxylic acids is 5. The van der Waals surface area contributed by atoms with Gasteiger partial charge in [0.25, 0.3) is 0 Å². The fraction of sp³-hybridized carbons (Fsp3) is 0.900. The highest BCUT2D eigenvalue weighted by molar-refractivity contribution is 5.79. The van der Waals surface area contributed by atoms with Crippen LogP contribution in [0.15, 0.2) is 11.6 Å². The number of aliphatic hydroxyl groups excluding tert-OH is 16. The zero-order valence-electron chi connectivity index (χ0n) is 69.7. The molecule has 12 fully saturated rings. The number of carboxylic acids is 1. The van der Waals surface area contributed by atoms with Crippen LogP contribution < -0.4 is 0 Å². The molecule has 17 N–H and O–H groups in total. The Balaban J connectivity index is 0.737. The van der Waals surface area contributed by atoms with Crippen molar-refractivity contribution in [1.82, 2.24) is 0 Å². The van der Waals surface area contributed by atoms with Crippen LogP contribution >= 0.6 is 0 Å². The lowest BCUT2D eigenvalue weighted by molar-refractivity contribution is -0.391. The maximum Gasteiger partial charge on any atom is 0.335 e. The minimum atomic E-state index is -2.23. The average Bonchev–Trinajstić information content (AvgIpc) is 0.672. The standard InChI is InChI=1S/C80H122O42/c1-29-56(116-68-51(96)47(92)40(27-107-68)114-69-54(99)58(38(88)26-106-69)117-66-49(94)44(89)36(86)24-104-66)60(111-32(4)84)55(100)71(108-29)121-64-62(112-33(5)85)57(110-31(3)83)30(2)109-72(64)122-74(103)80-20-18-75(6,7)22-35(80)34-12-13-42-76(8)16-15-43(77(9,28-82)41(76)14-17-79(42,11)78(34,10)19-21-80)115-73-63(120-70-52(97)48(93)46(91)39(23-81)113-70)59(53(98)61(119-73)65(101)102)118-67-50(95)45(90)37(87)25-105-67/h12,28-30,35-64,66-73,81,86-100H,13-27H2,1-11H3,(H,101,102)/t29-,30+,35+,36+,37+,38+,39+,40+,41+,42+,43-,44-,45-,46-,47-,48-,49+,50+,51+,52+,53-,54+,55+,56-,57-,58-,59-,60-,61-,62-,63+,64+,66-,67-,68-,69-,70-,71-,72-,73+,76-,77-,78+,79+,80-/m0/s1. The lowest BCUT2D eigenvalue weighted by Crippen LogP contribution is -2.69. The van der Waals surface area contributed by atoms with Gasteiger partial charge < -0.3 is 182 Å². The molecule has 0 aromatic carbocycles. The van der Waals surface area contributed by atoms with Crippen molar-refractivity contribution in [3.05, 3.63) is 11.6 Å². The molecule has 0 bridgehead atoms. The maximum absolute atomic E-state index is 16.2. The Kier molecular flexibility index (Phi) is 28.7. The number of aldehydes is 1. The fourth-order valence-electron chi connectivity index (χ4n) is 22.0. The van der Waals surface area contributed by atoms with Gasteiger partial charge in [-0.05, 0) is 117 Å². The summed E-state index contributed by atoms with van der Waals surface area (Å²) in [6.45, 7) is 15.6. The van der Waals surface area contributed by atoms with Gasteiger partial charge in [0.1, 0.15) is 134 Å². The summed E-state index contributed by atoms with van der Waals surface area (Å²) in [6, 6.07) is 0. The van der Waals surface area contributed by atoms with Crippen LogP contribution in [0.3, 0.4) is 0 Å². The number of aliphatic carboxylic acids is 1. The lowest BCUT2D eigenvalue weighted by Gasteiger charge is -2.71. The first-order valence-electron chi connectivity index (χ1n) is 41.9. The summed E-state index contributed by atoms with van der Waals surface area (Å²) in [7, 11) is 0. The van der Waals surface area contributed by atoms with Gasteiger partial charge in [-0.15, -0.1) is 0 Å². The Morgan fingerprint density at radius 3 is 1.54 bits per heavy atom. The van der Waals surface area contributed by atoms with Crippen molar-refractivity contribution in [1.29, 1.82) is 0 Å². The second kappa shape index (κ2) is 36.8. The van der Waals surface area contributed by atoms with Crippen molar-refractivity contribution in [2.45, 2.75) is 368 Å². The molecule has 42 heteroatoms. The first kappa shape index (κ1) is 95.1. The zero-order valence-corrected chi connectivity index (χ0v) is 69.7. The van der Waals surface area contributed by atoms with E-state index in [1.807, 2.05) is 0 Å². The highest BCUT2D eigenvalue weighted by Gasteiger charge is 2.72. The number of hydrogen-bond donors (Lipinski definition) is 17. The zero-order chi connectivity index (χ0) is 89.0. The summed E-state index contributed by atoms with van der Waals surface area (Å²) in [4.78, 5) is 83.0. The second-order valence-corrected chi connectivity index (χ2v) is 37.1. The van der Waals surface area contributed by atoms with Crippen molar-refractivity contribution in [2.24, 2.45) is 50.2 Å². The van der Waals surface area contributed by atoms with Gasteiger partial charge in [0.15, 0.2) is 74.6 Å². The first-order chi connectivity index (χ1) is 57.3. The molecule has 8 aliphatic heterocycles. The molecule has 0 aromatic heterocycles. The van der Waals surface area contributed by atoms with Crippen LogP contribution in [0.2, 0.25) is 0 Å². The van der Waals surface area contributed by atoms with Crippen molar-refractivity contribution in [3.63, 3.8) is 0 Å². The Hall–Kier alpha value is -4.48. The van der Waals surface area contributed by atoms with Crippen molar-refractivity contribution < 1.29 is 206 Å². The smallest absolute Gasteiger partial charge is 0.335 e. The molecule has 8 saturated heterocycles. The van der Waals surface area contributed by atoms with E-state index in [2.05, 4.69) is 40.7 Å². The molecular weight excluding hydrogens is 1630 g/mol. The van der Waals surface area contributed by atoms with Crippen LogP contribution in [0, 0.1) is 50.2 Å². The highest BCUT2D eigenvalue weighted by Crippen LogP contribution is 2.76. The van der Waals surface area contributed by atoms with Gasteiger partial charge >= 0.3 is 29.8 Å². The highest BCUT2D eigenvalue weighted by atomic mass is 16.8. The maximum atomic E-state index is 16.2. The van der Waals surface area contributed by atoms with Crippen LogP contribution in [0.5, 0.6) is 0 Å². The lowest BCUT2D eigenvalue weighted by atomic mass is 9.33. The van der Waals surface area contributed by atoms with Crippen molar-refractivity contribution in [3.8, 4) is 0 Å². The molecule has 45 atom stereocenters. The second-order valence-electron chi connectivity index (χ2n) is 37.1. The van der Waals surface area contributed by atoms with Crippen LogP contribution in [0.4, 0.5) is 0 Å². The molecule has 0 amide bonds. The molecular formula is C80H122O42. The molecule has 42 nitrogen and oxygen atoms in total. The van der Waals surface area contributed by atoms with E-state index < -0.39 is 329 Å². The first-order valence-corrected chi connectivity index (χ1v) is 41.9. The van der Waals surface area contributed by atoms with Crippen molar-refractivity contribution in [2.75, 3.05) is 33.0 Å². The van der Waals surface area contributed by atoms with Gasteiger partial charge in [0.05, 0.1) is 62.2 Å². The summed E-state index contributed by atoms with van der Waals surface area (Å²) in [5.41, 5.74) is -3.91. The number of fused-ring (bicyclic) bond motifs is 7. The SMILES string of the molecule is CC(=O)O[C@H]1[C@@H](OC(C)=O)[C@@H](C)O[C@@H](OC(=O)[C@]23CCC(C)(C)C[C@@H]2C2=CC[C@@H]4[C@@]5(C)CC[C@H](O[C@@H]6O[C@H](C(=O)O)[C@@H](O)[C@H](O[C@@H]7OC[C@@H](O)[C@H](O)[C@H]7O)[C@H]6O[C@@H]6O[C@H](CO)[C@H](O)[C@H](O)[C@H]6O)[C@@](C)(C=O)[C@@H]5CC[C@@]4(C)[C@]2(C)CC3)[C@@H]1O[C@@H]1O[C@@H](C)[C@H](O[C@@H]2OC[C@@H](O[C@@H]3OC[C@@H](O)[C@H](O[C@@H]4OC[C@@H](O)[C@H](O)[C@H]4O)[C@H]3O)[C@H](O)[C@H]2O)[C@@H](OC(C)=O)[C@H]1O. The van der Waals surface area contributed by atoms with E-state index in [0.717, 1.165) is 32.6 Å². The van der Waals surface area contributed by atoms with E-state index >= 15 is 4.79 Å². The molecule has 4 saturated carbocycles. The number of carboxylic acid groups (broad SMARTS) is 1. The summed E-state index contributed by atoms with van der Waals surface area (Å²) >= 11 is 0. The van der Waals surface area contributed by atoms with Crippen LogP contribution in [0.1, 0.15) is 140 Å². The quantitative estimate of drug-likeness (QED) is 0.0158. The Labute approximate surface area is 701 Å². The van der Waals surface area contributed by atoms with E-state index in [9.17, 15) is 111 Å². The largest absolute Gasteiger partial charge is 0.479 e.